The summed E-state index contributed by atoms with van der Waals surface area (Å²) >= 11 is 0. The van der Waals surface area contributed by atoms with E-state index in [1.54, 1.807) is 30.5 Å². The summed E-state index contributed by atoms with van der Waals surface area (Å²) in [5.41, 5.74) is 2.11. The van der Waals surface area contributed by atoms with Crippen molar-refractivity contribution in [3.8, 4) is 0 Å². The molecule has 0 saturated carbocycles. The van der Waals surface area contributed by atoms with Crippen LogP contribution in [0.2, 0.25) is 0 Å². The van der Waals surface area contributed by atoms with Crippen molar-refractivity contribution in [3.05, 3.63) is 53.9 Å². The van der Waals surface area contributed by atoms with E-state index in [9.17, 15) is 13.2 Å². The molecule has 2 heterocycles. The summed E-state index contributed by atoms with van der Waals surface area (Å²) in [7, 11) is -3.16. The Hall–Kier alpha value is -2.28. The van der Waals surface area contributed by atoms with E-state index >= 15 is 0 Å². The van der Waals surface area contributed by atoms with Crippen LogP contribution < -0.4 is 9.62 Å². The van der Waals surface area contributed by atoms with E-state index in [0.29, 0.717) is 24.3 Å². The van der Waals surface area contributed by atoms with Crippen molar-refractivity contribution in [1.29, 1.82) is 0 Å². The van der Waals surface area contributed by atoms with Crippen molar-refractivity contribution in [3.63, 3.8) is 0 Å². The highest BCUT2D eigenvalue weighted by molar-refractivity contribution is 7.93. The number of H-pyrrole nitrogens is 1. The molecule has 0 aliphatic carbocycles. The fraction of sp³-hybridized carbons (Fsp3) is 0.312. The highest BCUT2D eigenvalue weighted by Gasteiger charge is 2.28. The van der Waals surface area contributed by atoms with Gasteiger partial charge in [0.05, 0.1) is 17.5 Å². The number of aromatic amines is 1. The topological polar surface area (TPSA) is 82.3 Å². The standard InChI is InChI=1S/C16H19N3O3S/c1-12(18-16(20)15-4-2-9-17-15)13-5-7-14(8-6-13)19-10-3-11-23(19,21)22/h2,4-9,12,17H,3,10-11H2,1H3,(H,18,20). The van der Waals surface area contributed by atoms with E-state index in [2.05, 4.69) is 10.3 Å². The molecule has 1 unspecified atom stereocenters. The van der Waals surface area contributed by atoms with Crippen LogP contribution in [-0.2, 0) is 10.0 Å². The van der Waals surface area contributed by atoms with E-state index in [1.807, 2.05) is 19.1 Å². The molecular weight excluding hydrogens is 314 g/mol. The Morgan fingerprint density at radius 3 is 2.57 bits per heavy atom. The SMILES string of the molecule is CC(NC(=O)c1ccc[nH]1)c1ccc(N2CCCS2(=O)=O)cc1. The Labute approximate surface area is 135 Å². The lowest BCUT2D eigenvalue weighted by Gasteiger charge is -2.19. The minimum absolute atomic E-state index is 0.171. The second-order valence-electron chi connectivity index (χ2n) is 5.61. The molecule has 1 aliphatic rings. The number of amides is 1. The van der Waals surface area contributed by atoms with Gasteiger partial charge in [0.15, 0.2) is 0 Å². The van der Waals surface area contributed by atoms with Crippen LogP contribution in [0.5, 0.6) is 0 Å². The zero-order chi connectivity index (χ0) is 16.4. The maximum Gasteiger partial charge on any atom is 0.268 e. The van der Waals surface area contributed by atoms with Crippen LogP contribution in [-0.4, -0.2) is 31.6 Å². The van der Waals surface area contributed by atoms with Gasteiger partial charge >= 0.3 is 0 Å². The van der Waals surface area contributed by atoms with Crippen LogP contribution in [0.1, 0.15) is 35.4 Å². The number of hydrogen-bond acceptors (Lipinski definition) is 3. The van der Waals surface area contributed by atoms with Crippen LogP contribution in [0.4, 0.5) is 5.69 Å². The van der Waals surface area contributed by atoms with Gasteiger partial charge in [0.2, 0.25) is 10.0 Å². The fourth-order valence-corrected chi connectivity index (χ4v) is 4.25. The van der Waals surface area contributed by atoms with E-state index in [1.165, 1.54) is 4.31 Å². The van der Waals surface area contributed by atoms with Gasteiger partial charge in [0.1, 0.15) is 5.69 Å². The molecule has 0 bridgehead atoms. The molecule has 1 atom stereocenters. The van der Waals surface area contributed by atoms with Crippen LogP contribution >= 0.6 is 0 Å². The number of aromatic nitrogens is 1. The Kier molecular flexibility index (Phi) is 4.12. The van der Waals surface area contributed by atoms with Crippen LogP contribution in [0.3, 0.4) is 0 Å². The van der Waals surface area contributed by atoms with E-state index in [4.69, 9.17) is 0 Å². The first kappa shape index (κ1) is 15.6. The number of sulfonamides is 1. The number of nitrogens with zero attached hydrogens (tertiary/aromatic N) is 1. The molecule has 1 aromatic carbocycles. The van der Waals surface area contributed by atoms with Gasteiger partial charge in [0, 0.05) is 12.7 Å². The van der Waals surface area contributed by atoms with Crippen molar-refractivity contribution >= 4 is 21.6 Å². The third-order valence-electron chi connectivity index (χ3n) is 3.97. The summed E-state index contributed by atoms with van der Waals surface area (Å²) in [4.78, 5) is 14.9. The first-order valence-corrected chi connectivity index (χ1v) is 9.13. The first-order chi connectivity index (χ1) is 11.0. The molecule has 2 aromatic rings. The number of rotatable bonds is 4. The summed E-state index contributed by atoms with van der Waals surface area (Å²) in [6.07, 6.45) is 2.36. The van der Waals surface area contributed by atoms with Crippen LogP contribution in [0.15, 0.2) is 42.6 Å². The second kappa shape index (κ2) is 6.08. The summed E-state index contributed by atoms with van der Waals surface area (Å²) in [6.45, 7) is 2.42. The molecule has 1 amide bonds. The molecule has 23 heavy (non-hydrogen) atoms. The normalized spacial score (nSPS) is 17.9. The smallest absolute Gasteiger partial charge is 0.268 e. The lowest BCUT2D eigenvalue weighted by Crippen LogP contribution is -2.27. The van der Waals surface area contributed by atoms with Gasteiger partial charge in [0.25, 0.3) is 5.91 Å². The summed E-state index contributed by atoms with van der Waals surface area (Å²) in [5.74, 6) is 0.0332. The Morgan fingerprint density at radius 1 is 1.26 bits per heavy atom. The quantitative estimate of drug-likeness (QED) is 0.898. The number of benzene rings is 1. The summed E-state index contributed by atoms with van der Waals surface area (Å²) in [5, 5.41) is 2.90. The van der Waals surface area contributed by atoms with E-state index in [-0.39, 0.29) is 17.7 Å². The molecule has 2 N–H and O–H groups in total. The molecular formula is C16H19N3O3S. The average molecular weight is 333 g/mol. The largest absolute Gasteiger partial charge is 0.357 e. The van der Waals surface area contributed by atoms with Crippen molar-refractivity contribution in [2.75, 3.05) is 16.6 Å². The molecule has 7 heteroatoms. The molecule has 6 nitrogen and oxygen atoms in total. The molecule has 1 saturated heterocycles. The zero-order valence-corrected chi connectivity index (χ0v) is 13.6. The van der Waals surface area contributed by atoms with Crippen LogP contribution in [0.25, 0.3) is 0 Å². The van der Waals surface area contributed by atoms with Gasteiger partial charge < -0.3 is 10.3 Å². The predicted octanol–water partition coefficient (Wildman–Crippen LogP) is 2.05. The van der Waals surface area contributed by atoms with E-state index in [0.717, 1.165) is 5.56 Å². The van der Waals surface area contributed by atoms with Gasteiger partial charge in [-0.05, 0) is 43.2 Å². The van der Waals surface area contributed by atoms with Gasteiger partial charge in [-0.2, -0.15) is 0 Å². The first-order valence-electron chi connectivity index (χ1n) is 7.52. The molecule has 1 aliphatic heterocycles. The summed E-state index contributed by atoms with van der Waals surface area (Å²) < 4.78 is 25.3. The fourth-order valence-electron chi connectivity index (χ4n) is 2.69. The Morgan fingerprint density at radius 2 is 2.00 bits per heavy atom. The minimum atomic E-state index is -3.16. The van der Waals surface area contributed by atoms with Crippen LogP contribution in [0, 0.1) is 0 Å². The second-order valence-corrected chi connectivity index (χ2v) is 7.63. The van der Waals surface area contributed by atoms with Gasteiger partial charge in [-0.25, -0.2) is 8.42 Å². The maximum atomic E-state index is 12.0. The predicted molar refractivity (Wildman–Crippen MR) is 88.9 cm³/mol. The van der Waals surface area contributed by atoms with Crippen molar-refractivity contribution in [2.24, 2.45) is 0 Å². The monoisotopic (exact) mass is 333 g/mol. The van der Waals surface area contributed by atoms with E-state index < -0.39 is 10.0 Å². The molecule has 122 valence electrons. The van der Waals surface area contributed by atoms with Crippen molar-refractivity contribution < 1.29 is 13.2 Å². The van der Waals surface area contributed by atoms with Crippen molar-refractivity contribution in [1.82, 2.24) is 10.3 Å². The zero-order valence-electron chi connectivity index (χ0n) is 12.8. The van der Waals surface area contributed by atoms with Gasteiger partial charge in [-0.1, -0.05) is 12.1 Å². The van der Waals surface area contributed by atoms with Crippen molar-refractivity contribution in [2.45, 2.75) is 19.4 Å². The highest BCUT2D eigenvalue weighted by atomic mass is 32.2. The molecule has 1 aromatic heterocycles. The number of nitrogens with one attached hydrogen (secondary N) is 2. The average Bonchev–Trinajstić information content (AvgIpc) is 3.16. The Balaban J connectivity index is 1.71. The highest BCUT2D eigenvalue weighted by Crippen LogP contribution is 2.25. The Bertz CT molecular complexity index is 782. The third-order valence-corrected chi connectivity index (χ3v) is 5.84. The lowest BCUT2D eigenvalue weighted by molar-refractivity contribution is 0.0935. The lowest BCUT2D eigenvalue weighted by atomic mass is 10.1. The molecule has 0 radical (unpaired) electrons. The maximum absolute atomic E-state index is 12.0. The third kappa shape index (κ3) is 3.24. The molecule has 0 spiro atoms. The van der Waals surface area contributed by atoms with Gasteiger partial charge in [-0.3, -0.25) is 9.10 Å². The number of hydrogen-bond donors (Lipinski definition) is 2. The molecule has 3 rings (SSSR count). The van der Waals surface area contributed by atoms with Gasteiger partial charge in [-0.15, -0.1) is 0 Å². The summed E-state index contributed by atoms with van der Waals surface area (Å²) in [6, 6.07) is 10.6. The number of anilines is 1. The molecule has 1 fully saturated rings. The number of carbonyl (C=O) groups is 1. The minimum Gasteiger partial charge on any atom is -0.357 e. The number of carbonyl (C=O) groups excluding carboxylic acids is 1.